The number of aromatic nitrogens is 2. The number of benzene rings is 2. The van der Waals surface area contributed by atoms with E-state index in [-0.39, 0.29) is 23.8 Å². The first-order chi connectivity index (χ1) is 17.9. The van der Waals surface area contributed by atoms with E-state index in [0.717, 1.165) is 11.1 Å². The highest BCUT2D eigenvalue weighted by Crippen LogP contribution is 2.39. The van der Waals surface area contributed by atoms with Gasteiger partial charge in [0.25, 0.3) is 5.91 Å². The normalized spacial score (nSPS) is 17.8. The molecule has 9 heteroatoms. The maximum absolute atomic E-state index is 13.5. The number of carbonyl (C=O) groups excluding carboxylic acids is 1. The molecule has 0 spiro atoms. The maximum Gasteiger partial charge on any atom is 0.253 e. The number of amides is 1. The van der Waals surface area contributed by atoms with Gasteiger partial charge in [-0.25, -0.2) is 9.97 Å². The number of pyridine rings is 1. The van der Waals surface area contributed by atoms with Crippen LogP contribution in [-0.4, -0.2) is 40.0 Å². The van der Waals surface area contributed by atoms with Crippen molar-refractivity contribution in [3.05, 3.63) is 100 Å². The number of rotatable bonds is 6. The average molecular weight is 533 g/mol. The first-order valence-electron chi connectivity index (χ1n) is 11.7. The number of nitriles is 1. The van der Waals surface area contributed by atoms with Gasteiger partial charge >= 0.3 is 0 Å². The van der Waals surface area contributed by atoms with Gasteiger partial charge in [0.05, 0.1) is 21.8 Å². The van der Waals surface area contributed by atoms with Gasteiger partial charge in [-0.2, -0.15) is 5.26 Å². The molecule has 0 N–H and O–H groups in total. The van der Waals surface area contributed by atoms with E-state index in [1.54, 1.807) is 36.5 Å². The smallest absolute Gasteiger partial charge is 0.253 e. The molecule has 4 aromatic rings. The van der Waals surface area contributed by atoms with Gasteiger partial charge in [-0.3, -0.25) is 4.79 Å². The molecule has 0 bridgehead atoms. The van der Waals surface area contributed by atoms with Crippen LogP contribution in [0.3, 0.4) is 0 Å². The van der Waals surface area contributed by atoms with Crippen LogP contribution in [0.15, 0.2) is 77.8 Å². The number of carbonyl (C=O) groups is 1. The quantitative estimate of drug-likeness (QED) is 0.292. The molecule has 1 aliphatic heterocycles. The number of hydrogen-bond acceptors (Lipinski definition) is 6. The van der Waals surface area contributed by atoms with Crippen molar-refractivity contribution in [3.63, 3.8) is 0 Å². The first kappa shape index (κ1) is 24.8. The minimum absolute atomic E-state index is 0.0273. The average Bonchev–Trinajstić information content (AvgIpc) is 3.61. The molecule has 5 rings (SSSR count). The summed E-state index contributed by atoms with van der Waals surface area (Å²) in [5.41, 5.74) is 2.87. The summed E-state index contributed by atoms with van der Waals surface area (Å²) in [4.78, 5) is 23.5. The topological polar surface area (TPSA) is 92.2 Å². The van der Waals surface area contributed by atoms with Crippen LogP contribution in [0.5, 0.6) is 5.88 Å². The van der Waals surface area contributed by atoms with Crippen LogP contribution < -0.4 is 4.74 Å². The third kappa shape index (κ3) is 5.31. The molecule has 0 saturated carbocycles. The van der Waals surface area contributed by atoms with E-state index < -0.39 is 0 Å². The Morgan fingerprint density at radius 1 is 1.11 bits per heavy atom. The summed E-state index contributed by atoms with van der Waals surface area (Å²) in [6, 6.07) is 18.3. The molecule has 1 fully saturated rings. The Balaban J connectivity index is 1.39. The van der Waals surface area contributed by atoms with Crippen molar-refractivity contribution in [1.29, 1.82) is 5.26 Å². The van der Waals surface area contributed by atoms with Crippen molar-refractivity contribution in [1.82, 2.24) is 14.9 Å². The second-order valence-electron chi connectivity index (χ2n) is 8.92. The number of ether oxygens (including phenoxy) is 1. The highest BCUT2D eigenvalue weighted by Gasteiger charge is 2.40. The van der Waals surface area contributed by atoms with Gasteiger partial charge in [0.15, 0.2) is 12.2 Å². The molecular weight excluding hydrogens is 511 g/mol. The molecule has 3 heterocycles. The third-order valence-electron chi connectivity index (χ3n) is 6.65. The van der Waals surface area contributed by atoms with E-state index in [1.807, 2.05) is 36.1 Å². The molecule has 3 atom stereocenters. The number of halogens is 2. The molecule has 186 valence electrons. The lowest BCUT2D eigenvalue weighted by molar-refractivity contribution is 0.0769. The Morgan fingerprint density at radius 3 is 2.57 bits per heavy atom. The lowest BCUT2D eigenvalue weighted by Crippen LogP contribution is -2.32. The predicted molar refractivity (Wildman–Crippen MR) is 140 cm³/mol. The molecule has 1 amide bonds. The van der Waals surface area contributed by atoms with Gasteiger partial charge in [0, 0.05) is 48.3 Å². The Bertz CT molecular complexity index is 1430. The van der Waals surface area contributed by atoms with Gasteiger partial charge in [-0.1, -0.05) is 41.4 Å². The zero-order chi connectivity index (χ0) is 25.9. The molecule has 1 saturated heterocycles. The second-order valence-corrected chi connectivity index (χ2v) is 9.73. The highest BCUT2D eigenvalue weighted by molar-refractivity contribution is 6.42. The van der Waals surface area contributed by atoms with Crippen LogP contribution in [0.25, 0.3) is 11.3 Å². The largest absolute Gasteiger partial charge is 0.474 e. The van der Waals surface area contributed by atoms with Crippen molar-refractivity contribution < 1.29 is 13.9 Å². The lowest BCUT2D eigenvalue weighted by atomic mass is 9.86. The fourth-order valence-electron chi connectivity index (χ4n) is 4.68. The van der Waals surface area contributed by atoms with Gasteiger partial charge in [-0.05, 0) is 42.8 Å². The van der Waals surface area contributed by atoms with Crippen LogP contribution in [0.4, 0.5) is 0 Å². The Kier molecular flexibility index (Phi) is 7.13. The molecule has 0 radical (unpaired) electrons. The molecule has 1 unspecified atom stereocenters. The lowest BCUT2D eigenvalue weighted by Gasteiger charge is -2.25. The molecule has 7 nitrogen and oxygen atoms in total. The van der Waals surface area contributed by atoms with Crippen LogP contribution in [0.2, 0.25) is 10.0 Å². The fraction of sp³-hybridized carbons (Fsp3) is 0.214. The summed E-state index contributed by atoms with van der Waals surface area (Å²) in [6.45, 7) is 2.96. The predicted octanol–water partition coefficient (Wildman–Crippen LogP) is 6.24. The third-order valence-corrected chi connectivity index (χ3v) is 7.39. The number of likely N-dealkylation sites (tertiary alicyclic amines) is 1. The number of oxazole rings is 1. The summed E-state index contributed by atoms with van der Waals surface area (Å²) in [5.74, 6) is 0.933. The zero-order valence-electron chi connectivity index (χ0n) is 19.8. The molecule has 37 heavy (non-hydrogen) atoms. The Labute approximate surface area is 224 Å². The summed E-state index contributed by atoms with van der Waals surface area (Å²) < 4.78 is 11.5. The standard InChI is InChI=1S/C28H22Cl2N4O3/c1-17(37-27-9-2-18(11-31)12-33-27)22-14-34(15-23(22)21-7-8-24(29)25(30)10-21)28(35)20-5-3-19(4-6-20)26-13-32-16-36-26/h2-10,12-13,16-17,22-23H,14-15H2,1H3/t17-,22?,23+/m0/s1. The Morgan fingerprint density at radius 2 is 1.92 bits per heavy atom. The van der Waals surface area contributed by atoms with Gasteiger partial charge in [-0.15, -0.1) is 0 Å². The molecule has 1 aliphatic rings. The van der Waals surface area contributed by atoms with Crippen molar-refractivity contribution in [2.75, 3.05) is 13.1 Å². The van der Waals surface area contributed by atoms with E-state index in [4.69, 9.17) is 37.6 Å². The van der Waals surface area contributed by atoms with E-state index in [9.17, 15) is 4.79 Å². The van der Waals surface area contributed by atoms with Crippen LogP contribution in [0.1, 0.15) is 34.3 Å². The summed E-state index contributed by atoms with van der Waals surface area (Å²) in [6.07, 6.45) is 4.21. The Hall–Kier alpha value is -3.86. The minimum atomic E-state index is -0.272. The van der Waals surface area contributed by atoms with Crippen molar-refractivity contribution in [2.45, 2.75) is 18.9 Å². The van der Waals surface area contributed by atoms with Crippen LogP contribution in [0, 0.1) is 17.2 Å². The van der Waals surface area contributed by atoms with E-state index in [1.165, 1.54) is 12.6 Å². The highest BCUT2D eigenvalue weighted by atomic mass is 35.5. The van der Waals surface area contributed by atoms with Gasteiger partial charge in [0.1, 0.15) is 12.2 Å². The molecule has 0 aliphatic carbocycles. The molecule has 2 aromatic carbocycles. The summed E-state index contributed by atoms with van der Waals surface area (Å²) in [5, 5.41) is 9.97. The van der Waals surface area contributed by atoms with Crippen molar-refractivity contribution in [2.24, 2.45) is 5.92 Å². The van der Waals surface area contributed by atoms with E-state index in [2.05, 4.69) is 16.0 Å². The summed E-state index contributed by atoms with van der Waals surface area (Å²) >= 11 is 12.5. The van der Waals surface area contributed by atoms with Crippen LogP contribution >= 0.6 is 23.2 Å². The first-order valence-corrected chi connectivity index (χ1v) is 12.4. The number of hydrogen-bond donors (Lipinski definition) is 0. The second kappa shape index (κ2) is 10.6. The number of nitrogens with zero attached hydrogens (tertiary/aromatic N) is 4. The van der Waals surface area contributed by atoms with Gasteiger partial charge < -0.3 is 14.1 Å². The molecular formula is C28H22Cl2N4O3. The van der Waals surface area contributed by atoms with Crippen molar-refractivity contribution in [3.8, 4) is 23.3 Å². The fourth-order valence-corrected chi connectivity index (χ4v) is 4.98. The van der Waals surface area contributed by atoms with Gasteiger partial charge in [0.2, 0.25) is 5.88 Å². The molecule has 2 aromatic heterocycles. The SMILES string of the molecule is C[C@H](Oc1ccc(C#N)cn1)C1CN(C(=O)c2ccc(-c3cnco3)cc2)C[C@@H]1c1ccc(Cl)c(Cl)c1. The maximum atomic E-state index is 13.5. The monoisotopic (exact) mass is 532 g/mol. The zero-order valence-corrected chi connectivity index (χ0v) is 21.4. The van der Waals surface area contributed by atoms with E-state index in [0.29, 0.717) is 45.9 Å². The summed E-state index contributed by atoms with van der Waals surface area (Å²) in [7, 11) is 0. The van der Waals surface area contributed by atoms with Crippen molar-refractivity contribution >= 4 is 29.1 Å². The minimum Gasteiger partial charge on any atom is -0.474 e. The van der Waals surface area contributed by atoms with E-state index >= 15 is 0 Å². The van der Waals surface area contributed by atoms with Crippen LogP contribution in [-0.2, 0) is 0 Å².